The van der Waals surface area contributed by atoms with Gasteiger partial charge in [0.05, 0.1) is 14.3 Å². The van der Waals surface area contributed by atoms with E-state index in [0.29, 0.717) is 19.8 Å². The van der Waals surface area contributed by atoms with E-state index in [2.05, 4.69) is 21.2 Å². The number of aromatic hydroxyl groups is 1. The Kier molecular flexibility index (Phi) is 4.70. The summed E-state index contributed by atoms with van der Waals surface area (Å²) in [5, 5.41) is 12.7. The smallest absolute Gasteiger partial charge is 0.255 e. The van der Waals surface area contributed by atoms with Crippen molar-refractivity contribution in [2.45, 2.75) is 0 Å². The Balaban J connectivity index is 2.25. The largest absolute Gasteiger partial charge is 0.507 e. The predicted octanol–water partition coefficient (Wildman–Crippen LogP) is 4.67. The van der Waals surface area contributed by atoms with Gasteiger partial charge in [-0.05, 0) is 59.0 Å². The van der Waals surface area contributed by atoms with Gasteiger partial charge in [-0.1, -0.05) is 27.5 Å². The van der Waals surface area contributed by atoms with Crippen LogP contribution in [0.2, 0.25) is 5.02 Å². The Bertz CT molecular complexity index is 649. The van der Waals surface area contributed by atoms with E-state index in [1.165, 1.54) is 6.07 Å². The molecule has 0 aromatic heterocycles. The molecule has 0 aliphatic carbocycles. The molecule has 0 aliphatic heterocycles. The van der Waals surface area contributed by atoms with Crippen molar-refractivity contribution in [2.24, 2.45) is 0 Å². The van der Waals surface area contributed by atoms with Crippen LogP contribution in [0.4, 0.5) is 5.69 Å². The van der Waals surface area contributed by atoms with Gasteiger partial charge in [-0.3, -0.25) is 4.79 Å². The summed E-state index contributed by atoms with van der Waals surface area (Å²) in [5.41, 5.74) is 0.882. The zero-order chi connectivity index (χ0) is 14.0. The maximum Gasteiger partial charge on any atom is 0.255 e. The zero-order valence-electron chi connectivity index (χ0n) is 9.45. The fourth-order valence-corrected chi connectivity index (χ4v) is 2.30. The van der Waals surface area contributed by atoms with Gasteiger partial charge in [-0.2, -0.15) is 0 Å². The molecule has 0 spiro atoms. The van der Waals surface area contributed by atoms with E-state index >= 15 is 0 Å². The summed E-state index contributed by atoms with van der Waals surface area (Å²) in [6.07, 6.45) is 0. The molecule has 6 heteroatoms. The summed E-state index contributed by atoms with van der Waals surface area (Å²) in [5.74, 6) is -0.250. The second-order valence-corrected chi connectivity index (χ2v) is 6.23. The summed E-state index contributed by atoms with van der Waals surface area (Å²) < 4.78 is 1.51. The molecule has 0 heterocycles. The van der Waals surface area contributed by atoms with Crippen LogP contribution in [0.5, 0.6) is 5.75 Å². The zero-order valence-corrected chi connectivity index (χ0v) is 14.0. The van der Waals surface area contributed by atoms with E-state index in [0.717, 1.165) is 4.47 Å². The van der Waals surface area contributed by atoms with Crippen molar-refractivity contribution in [2.75, 3.05) is 5.32 Å². The van der Waals surface area contributed by atoms with Crippen LogP contribution in [0.1, 0.15) is 10.4 Å². The first-order valence-corrected chi connectivity index (χ1v) is 7.47. The van der Waals surface area contributed by atoms with Crippen LogP contribution in [0.25, 0.3) is 0 Å². The Labute approximate surface area is 137 Å². The monoisotopic (exact) mass is 451 g/mol. The molecule has 0 bridgehead atoms. The third kappa shape index (κ3) is 3.61. The number of nitrogens with one attached hydrogen (secondary N) is 1. The maximum atomic E-state index is 12.0. The normalized spacial score (nSPS) is 10.3. The van der Waals surface area contributed by atoms with Crippen LogP contribution in [0, 0.1) is 3.57 Å². The van der Waals surface area contributed by atoms with Gasteiger partial charge in [0.1, 0.15) is 5.75 Å². The van der Waals surface area contributed by atoms with Gasteiger partial charge in [0.25, 0.3) is 5.91 Å². The van der Waals surface area contributed by atoms with Gasteiger partial charge >= 0.3 is 0 Å². The molecule has 0 radical (unpaired) electrons. The lowest BCUT2D eigenvalue weighted by atomic mass is 10.2. The average Bonchev–Trinajstić information content (AvgIpc) is 2.37. The van der Waals surface area contributed by atoms with Crippen LogP contribution in [0.3, 0.4) is 0 Å². The minimum absolute atomic E-state index is 0.0774. The Hall–Kier alpha value is -0.790. The first-order valence-electron chi connectivity index (χ1n) is 5.22. The molecule has 2 rings (SSSR count). The summed E-state index contributed by atoms with van der Waals surface area (Å²) in [6.45, 7) is 0. The summed E-state index contributed by atoms with van der Waals surface area (Å²) in [7, 11) is 0. The van der Waals surface area contributed by atoms with Gasteiger partial charge in [0.2, 0.25) is 0 Å². The average molecular weight is 452 g/mol. The number of hydrogen-bond donors (Lipinski definition) is 2. The van der Waals surface area contributed by atoms with Crippen molar-refractivity contribution in [3.8, 4) is 5.75 Å². The molecular weight excluding hydrogens is 444 g/mol. The Morgan fingerprint density at radius 2 is 2.00 bits per heavy atom. The maximum absolute atomic E-state index is 12.0. The fraction of sp³-hybridized carbons (Fsp3) is 0. The molecule has 2 aromatic rings. The lowest BCUT2D eigenvalue weighted by Crippen LogP contribution is -2.12. The second kappa shape index (κ2) is 6.11. The fourth-order valence-electron chi connectivity index (χ4n) is 1.44. The van der Waals surface area contributed by atoms with Gasteiger partial charge < -0.3 is 10.4 Å². The van der Waals surface area contributed by atoms with Crippen molar-refractivity contribution < 1.29 is 9.90 Å². The van der Waals surface area contributed by atoms with Crippen LogP contribution >= 0.6 is 50.1 Å². The van der Waals surface area contributed by atoms with Crippen molar-refractivity contribution in [3.05, 3.63) is 55.0 Å². The van der Waals surface area contributed by atoms with Crippen LogP contribution in [-0.4, -0.2) is 11.0 Å². The van der Waals surface area contributed by atoms with E-state index < -0.39 is 0 Å². The van der Waals surface area contributed by atoms with E-state index in [9.17, 15) is 9.90 Å². The Morgan fingerprint density at radius 3 is 2.68 bits per heavy atom. The number of carbonyl (C=O) groups excluding carboxylic acids is 1. The molecule has 19 heavy (non-hydrogen) atoms. The van der Waals surface area contributed by atoms with Crippen molar-refractivity contribution in [1.82, 2.24) is 0 Å². The number of phenols is 1. The SMILES string of the molecule is O=C(Nc1cc(Br)ccc1Cl)c1ccc(I)c(O)c1. The number of hydrogen-bond acceptors (Lipinski definition) is 2. The lowest BCUT2D eigenvalue weighted by molar-refractivity contribution is 0.102. The highest BCUT2D eigenvalue weighted by Gasteiger charge is 2.10. The number of carbonyl (C=O) groups is 1. The molecule has 3 nitrogen and oxygen atoms in total. The van der Waals surface area contributed by atoms with Crippen molar-refractivity contribution in [3.63, 3.8) is 0 Å². The molecular formula is C13H8BrClINO2. The minimum Gasteiger partial charge on any atom is -0.507 e. The van der Waals surface area contributed by atoms with Crippen molar-refractivity contribution >= 4 is 61.7 Å². The van der Waals surface area contributed by atoms with Crippen LogP contribution in [-0.2, 0) is 0 Å². The highest BCUT2D eigenvalue weighted by molar-refractivity contribution is 14.1. The van der Waals surface area contributed by atoms with Gasteiger partial charge in [0.15, 0.2) is 0 Å². The number of benzene rings is 2. The lowest BCUT2D eigenvalue weighted by Gasteiger charge is -2.08. The topological polar surface area (TPSA) is 49.3 Å². The number of amides is 1. The summed E-state index contributed by atoms with van der Waals surface area (Å²) >= 11 is 11.3. The number of anilines is 1. The highest BCUT2D eigenvalue weighted by Crippen LogP contribution is 2.27. The van der Waals surface area contributed by atoms with Crippen LogP contribution in [0.15, 0.2) is 40.9 Å². The van der Waals surface area contributed by atoms with Gasteiger partial charge in [-0.15, -0.1) is 0 Å². The molecule has 98 valence electrons. The van der Waals surface area contributed by atoms with E-state index in [-0.39, 0.29) is 11.7 Å². The molecule has 2 aromatic carbocycles. The quantitative estimate of drug-likeness (QED) is 0.651. The van der Waals surface area contributed by atoms with E-state index in [1.54, 1.807) is 30.3 Å². The second-order valence-electron chi connectivity index (χ2n) is 3.74. The molecule has 0 unspecified atom stereocenters. The Morgan fingerprint density at radius 1 is 1.26 bits per heavy atom. The van der Waals surface area contributed by atoms with Crippen LogP contribution < -0.4 is 5.32 Å². The minimum atomic E-state index is -0.327. The molecule has 0 saturated heterocycles. The van der Waals surface area contributed by atoms with E-state index in [1.807, 2.05) is 22.6 Å². The number of rotatable bonds is 2. The predicted molar refractivity (Wildman–Crippen MR) is 87.9 cm³/mol. The standard InChI is InChI=1S/C13H8BrClINO2/c14-8-2-3-9(15)11(6-8)17-13(19)7-1-4-10(16)12(18)5-7/h1-6,18H,(H,17,19). The molecule has 0 saturated carbocycles. The van der Waals surface area contributed by atoms with Crippen molar-refractivity contribution in [1.29, 1.82) is 0 Å². The first-order chi connectivity index (χ1) is 8.97. The molecule has 2 N–H and O–H groups in total. The molecule has 0 atom stereocenters. The third-order valence-corrected chi connectivity index (χ3v) is 4.12. The number of phenolic OH excluding ortho intramolecular Hbond substituents is 1. The third-order valence-electron chi connectivity index (χ3n) is 2.38. The van der Waals surface area contributed by atoms with E-state index in [4.69, 9.17) is 11.6 Å². The van der Waals surface area contributed by atoms with Gasteiger partial charge in [0, 0.05) is 10.0 Å². The van der Waals surface area contributed by atoms with Gasteiger partial charge in [-0.25, -0.2) is 0 Å². The number of halogens is 3. The first kappa shape index (κ1) is 14.6. The molecule has 1 amide bonds. The molecule has 0 aliphatic rings. The summed E-state index contributed by atoms with van der Waals surface area (Å²) in [6, 6.07) is 9.92. The molecule has 0 fully saturated rings. The highest BCUT2D eigenvalue weighted by atomic mass is 127. The summed E-state index contributed by atoms with van der Waals surface area (Å²) in [4.78, 5) is 12.0.